The van der Waals surface area contributed by atoms with Gasteiger partial charge in [0, 0.05) is 23.0 Å². The van der Waals surface area contributed by atoms with Crippen molar-refractivity contribution in [2.75, 3.05) is 18.0 Å². The number of nitrogens with zero attached hydrogens (tertiary/aromatic N) is 3. The Bertz CT molecular complexity index is 1100. The summed E-state index contributed by atoms with van der Waals surface area (Å²) in [5, 5.41) is 2.98. The minimum atomic E-state index is -0.0447. The average molecular weight is 476 g/mol. The number of benzene rings is 2. The molecule has 0 saturated carbocycles. The van der Waals surface area contributed by atoms with Gasteiger partial charge in [0.1, 0.15) is 0 Å². The lowest BCUT2D eigenvalue weighted by atomic mass is 10.3. The molecule has 0 atom stereocenters. The third-order valence-corrected chi connectivity index (χ3v) is 7.37. The number of thioether (sulfide) groups is 2. The zero-order valence-corrected chi connectivity index (χ0v) is 19.6. The van der Waals surface area contributed by atoms with Crippen LogP contribution in [-0.4, -0.2) is 29.1 Å². The predicted molar refractivity (Wildman–Crippen MR) is 130 cm³/mol. The van der Waals surface area contributed by atoms with E-state index in [0.717, 1.165) is 22.2 Å². The molecule has 1 amide bonds. The lowest BCUT2D eigenvalue weighted by Crippen LogP contribution is -2.28. The second-order valence-electron chi connectivity index (χ2n) is 6.49. The molecule has 2 aliphatic rings. The predicted octanol–water partition coefficient (Wildman–Crippen LogP) is 6.93. The second kappa shape index (κ2) is 9.10. The summed E-state index contributed by atoms with van der Waals surface area (Å²) in [4.78, 5) is 23.2. The Morgan fingerprint density at radius 2 is 1.77 bits per heavy atom. The van der Waals surface area contributed by atoms with Gasteiger partial charge < -0.3 is 4.90 Å². The van der Waals surface area contributed by atoms with Crippen molar-refractivity contribution < 1.29 is 4.79 Å². The number of carbonyl (C=O) groups is 1. The van der Waals surface area contributed by atoms with Crippen molar-refractivity contribution in [2.45, 2.75) is 18.7 Å². The summed E-state index contributed by atoms with van der Waals surface area (Å²) < 4.78 is 0. The Kier molecular flexibility index (Phi) is 6.48. The van der Waals surface area contributed by atoms with Crippen LogP contribution in [0, 0.1) is 0 Å². The fourth-order valence-electron chi connectivity index (χ4n) is 3.20. The summed E-state index contributed by atoms with van der Waals surface area (Å²) in [6.45, 7) is 5.40. The molecule has 2 aromatic carbocycles. The van der Waals surface area contributed by atoms with E-state index in [1.807, 2.05) is 55.5 Å². The van der Waals surface area contributed by atoms with Gasteiger partial charge in [0.2, 0.25) is 0 Å². The Balaban J connectivity index is 1.63. The van der Waals surface area contributed by atoms with Crippen LogP contribution in [0.4, 0.5) is 11.4 Å². The molecule has 0 radical (unpaired) electrons. The topological polar surface area (TPSA) is 35.9 Å². The van der Waals surface area contributed by atoms with Crippen LogP contribution in [0.1, 0.15) is 13.8 Å². The normalized spacial score (nSPS) is 20.1. The molecule has 0 aromatic heterocycles. The van der Waals surface area contributed by atoms with Crippen LogP contribution >= 0.6 is 46.7 Å². The molecule has 8 heteroatoms. The van der Waals surface area contributed by atoms with E-state index in [0.29, 0.717) is 32.4 Å². The van der Waals surface area contributed by atoms with Crippen molar-refractivity contribution in [1.29, 1.82) is 0 Å². The summed E-state index contributed by atoms with van der Waals surface area (Å²) in [7, 11) is 0. The maximum Gasteiger partial charge on any atom is 0.266 e. The molecule has 2 heterocycles. The molecular formula is C22H19Cl2N3OS2. The van der Waals surface area contributed by atoms with Crippen LogP contribution in [-0.2, 0) is 4.79 Å². The highest BCUT2D eigenvalue weighted by Crippen LogP contribution is 2.47. The van der Waals surface area contributed by atoms with Gasteiger partial charge in [0.15, 0.2) is 5.17 Å². The minimum absolute atomic E-state index is 0.0447. The third-order valence-electron chi connectivity index (χ3n) is 4.66. The fraction of sp³-hybridized carbons (Fsp3) is 0.182. The number of hydrogen-bond acceptors (Lipinski definition) is 5. The summed E-state index contributed by atoms with van der Waals surface area (Å²) in [5.41, 5.74) is 1.75. The lowest BCUT2D eigenvalue weighted by molar-refractivity contribution is -0.122. The molecule has 2 aliphatic heterocycles. The number of halogens is 2. The molecule has 1 fully saturated rings. The van der Waals surface area contributed by atoms with Crippen molar-refractivity contribution in [3.63, 3.8) is 0 Å². The van der Waals surface area contributed by atoms with Gasteiger partial charge in [-0.25, -0.2) is 4.99 Å². The van der Waals surface area contributed by atoms with Crippen LogP contribution in [0.25, 0.3) is 0 Å². The molecule has 4 rings (SSSR count). The number of rotatable bonds is 4. The van der Waals surface area contributed by atoms with Gasteiger partial charge in [0.05, 0.1) is 26.3 Å². The molecule has 0 N–H and O–H groups in total. The summed E-state index contributed by atoms with van der Waals surface area (Å²) in [6.07, 6.45) is 3.87. The number of hydrogen-bond donors (Lipinski definition) is 0. The third kappa shape index (κ3) is 4.14. The molecule has 0 spiro atoms. The number of carbonyl (C=O) groups excluding carboxylic acids is 1. The Morgan fingerprint density at radius 1 is 1.00 bits per heavy atom. The van der Waals surface area contributed by atoms with Crippen molar-refractivity contribution in [2.24, 2.45) is 4.99 Å². The quantitative estimate of drug-likeness (QED) is 0.448. The smallest absolute Gasteiger partial charge is 0.266 e. The van der Waals surface area contributed by atoms with Crippen molar-refractivity contribution in [1.82, 2.24) is 4.90 Å². The maximum absolute atomic E-state index is 12.9. The number of amidine groups is 1. The molecule has 0 bridgehead atoms. The number of allylic oxidation sites excluding steroid dienone is 2. The van der Waals surface area contributed by atoms with E-state index in [-0.39, 0.29) is 5.91 Å². The van der Waals surface area contributed by atoms with E-state index in [9.17, 15) is 4.79 Å². The molecule has 0 aliphatic carbocycles. The fourth-order valence-corrected chi connectivity index (χ4v) is 5.65. The maximum atomic E-state index is 12.9. The molecule has 0 unspecified atom stereocenters. The molecule has 1 saturated heterocycles. The molecule has 4 nitrogen and oxygen atoms in total. The van der Waals surface area contributed by atoms with Crippen molar-refractivity contribution >= 4 is 69.2 Å². The van der Waals surface area contributed by atoms with Crippen LogP contribution in [0.15, 0.2) is 74.4 Å². The highest BCUT2D eigenvalue weighted by molar-refractivity contribution is 8.18. The van der Waals surface area contributed by atoms with Gasteiger partial charge in [-0.2, -0.15) is 0 Å². The molecule has 2 aromatic rings. The van der Waals surface area contributed by atoms with Crippen LogP contribution in [0.3, 0.4) is 0 Å². The summed E-state index contributed by atoms with van der Waals surface area (Å²) in [6, 6.07) is 13.3. The zero-order valence-electron chi connectivity index (χ0n) is 16.4. The Morgan fingerprint density at radius 3 is 2.50 bits per heavy atom. The van der Waals surface area contributed by atoms with Gasteiger partial charge >= 0.3 is 0 Å². The van der Waals surface area contributed by atoms with Crippen molar-refractivity contribution in [3.05, 3.63) is 74.6 Å². The number of para-hydroxylation sites is 1. The van der Waals surface area contributed by atoms with E-state index in [1.54, 1.807) is 22.7 Å². The number of aliphatic imine (C=N–C) groups is 1. The van der Waals surface area contributed by atoms with Gasteiger partial charge in [-0.05, 0) is 68.1 Å². The Labute approximate surface area is 194 Å². The monoisotopic (exact) mass is 475 g/mol. The second-order valence-corrected chi connectivity index (χ2v) is 9.41. The zero-order chi connectivity index (χ0) is 21.3. The van der Waals surface area contributed by atoms with Crippen LogP contribution < -0.4 is 4.90 Å². The van der Waals surface area contributed by atoms with E-state index >= 15 is 0 Å². The van der Waals surface area contributed by atoms with E-state index in [4.69, 9.17) is 23.2 Å². The standard InChI is InChI=1S/C22H19Cl2N3OS2/c1-3-26-17-13-14(23)9-10-18(17)29-20(26)12-11-19-21(28)27(4-2)22(30-19)25-16-8-6-5-7-15(16)24/h5-13H,3-4H2,1-2H3/b19-11-,20-12+,25-22?. The first kappa shape index (κ1) is 21.4. The highest BCUT2D eigenvalue weighted by Gasteiger charge is 2.32. The number of amides is 1. The first-order valence-electron chi connectivity index (χ1n) is 9.51. The molecule has 30 heavy (non-hydrogen) atoms. The number of likely N-dealkylation sites (N-methyl/N-ethyl adjacent to an activating group) is 1. The first-order chi connectivity index (χ1) is 14.5. The van der Waals surface area contributed by atoms with Crippen LogP contribution in [0.2, 0.25) is 10.0 Å². The van der Waals surface area contributed by atoms with E-state index in [1.165, 1.54) is 11.8 Å². The van der Waals surface area contributed by atoms with Gasteiger partial charge in [-0.3, -0.25) is 9.69 Å². The van der Waals surface area contributed by atoms with E-state index < -0.39 is 0 Å². The summed E-state index contributed by atoms with van der Waals surface area (Å²) >= 11 is 15.5. The number of fused-ring (bicyclic) bond motifs is 1. The Hall–Kier alpha value is -1.86. The average Bonchev–Trinajstić information content (AvgIpc) is 3.23. The van der Waals surface area contributed by atoms with E-state index in [2.05, 4.69) is 16.8 Å². The molecule has 154 valence electrons. The lowest BCUT2D eigenvalue weighted by Gasteiger charge is -2.17. The van der Waals surface area contributed by atoms with Gasteiger partial charge in [-0.15, -0.1) is 0 Å². The summed E-state index contributed by atoms with van der Waals surface area (Å²) in [5.74, 6) is -0.0447. The number of anilines is 1. The van der Waals surface area contributed by atoms with Crippen molar-refractivity contribution in [3.8, 4) is 0 Å². The van der Waals surface area contributed by atoms with Gasteiger partial charge in [0.25, 0.3) is 5.91 Å². The first-order valence-corrected chi connectivity index (χ1v) is 11.9. The highest BCUT2D eigenvalue weighted by atomic mass is 35.5. The SMILES string of the molecule is CCN1C(=O)/C(=C/C=C2/Sc3ccc(Cl)cc3N2CC)SC1=Nc1ccccc1Cl. The minimum Gasteiger partial charge on any atom is -0.335 e. The van der Waals surface area contributed by atoms with Crippen LogP contribution in [0.5, 0.6) is 0 Å². The molecular weight excluding hydrogens is 457 g/mol. The van der Waals surface area contributed by atoms with Gasteiger partial charge in [-0.1, -0.05) is 47.1 Å². The largest absolute Gasteiger partial charge is 0.335 e.